The van der Waals surface area contributed by atoms with Gasteiger partial charge >= 0.3 is 5.97 Å². The summed E-state index contributed by atoms with van der Waals surface area (Å²) < 4.78 is 11.6. The Morgan fingerprint density at radius 2 is 1.35 bits per heavy atom. The van der Waals surface area contributed by atoms with Gasteiger partial charge in [-0.3, -0.25) is 0 Å². The van der Waals surface area contributed by atoms with Gasteiger partial charge in [-0.25, -0.2) is 4.79 Å². The van der Waals surface area contributed by atoms with Gasteiger partial charge in [0.2, 0.25) is 5.60 Å². The van der Waals surface area contributed by atoms with Crippen LogP contribution in [0.4, 0.5) is 0 Å². The molecule has 0 radical (unpaired) electrons. The SMILES string of the molecule is C#CC(C)OC(=O)C(OC)(c1c(C)cccc1C)c1c(C)cccc1C. The van der Waals surface area contributed by atoms with Crippen molar-refractivity contribution in [2.24, 2.45) is 0 Å². The molecule has 1 atom stereocenters. The minimum absolute atomic E-state index is 0.500. The summed E-state index contributed by atoms with van der Waals surface area (Å²) in [6, 6.07) is 11.8. The second kappa shape index (κ2) is 7.76. The first-order chi connectivity index (χ1) is 12.3. The van der Waals surface area contributed by atoms with E-state index in [0.29, 0.717) is 0 Å². The number of carbonyl (C=O) groups is 1. The summed E-state index contributed by atoms with van der Waals surface area (Å²) in [6.45, 7) is 9.57. The van der Waals surface area contributed by atoms with E-state index in [1.165, 1.54) is 0 Å². The molecule has 0 heterocycles. The van der Waals surface area contributed by atoms with Gasteiger partial charge in [-0.2, -0.15) is 0 Å². The van der Waals surface area contributed by atoms with Gasteiger partial charge in [0.1, 0.15) is 0 Å². The van der Waals surface area contributed by atoms with Gasteiger partial charge in [0.15, 0.2) is 6.10 Å². The minimum atomic E-state index is -1.38. The lowest BCUT2D eigenvalue weighted by atomic mass is 9.77. The standard InChI is InChI=1S/C23H26O3/c1-8-19(6)26-22(24)23(25-7,20-15(2)11-9-12-16(20)3)21-17(4)13-10-14-18(21)5/h1,9-14,19H,2-7H3. The molecule has 0 saturated heterocycles. The highest BCUT2D eigenvalue weighted by atomic mass is 16.6. The first-order valence-electron chi connectivity index (χ1n) is 8.65. The van der Waals surface area contributed by atoms with Gasteiger partial charge in [0, 0.05) is 18.2 Å². The van der Waals surface area contributed by atoms with E-state index in [2.05, 4.69) is 5.92 Å². The molecule has 2 aromatic carbocycles. The zero-order valence-electron chi connectivity index (χ0n) is 16.3. The quantitative estimate of drug-likeness (QED) is 0.593. The molecule has 0 fully saturated rings. The van der Waals surface area contributed by atoms with Crippen LogP contribution in [0.1, 0.15) is 40.3 Å². The number of terminal acetylenes is 1. The molecule has 3 heteroatoms. The normalized spacial score (nSPS) is 12.3. The van der Waals surface area contributed by atoms with E-state index in [-0.39, 0.29) is 0 Å². The van der Waals surface area contributed by atoms with E-state index in [1.807, 2.05) is 64.1 Å². The average molecular weight is 350 g/mol. The lowest BCUT2D eigenvalue weighted by Gasteiger charge is -2.36. The Labute approximate surface area is 156 Å². The van der Waals surface area contributed by atoms with Crippen molar-refractivity contribution in [3.8, 4) is 12.3 Å². The molecule has 2 aromatic rings. The van der Waals surface area contributed by atoms with Crippen LogP contribution >= 0.6 is 0 Å². The smallest absolute Gasteiger partial charge is 0.349 e. The monoisotopic (exact) mass is 350 g/mol. The van der Waals surface area contributed by atoms with Crippen molar-refractivity contribution in [2.45, 2.75) is 46.3 Å². The lowest BCUT2D eigenvalue weighted by Crippen LogP contribution is -2.44. The maximum absolute atomic E-state index is 13.4. The molecule has 0 N–H and O–H groups in total. The molecule has 0 amide bonds. The Hall–Kier alpha value is -2.57. The van der Waals surface area contributed by atoms with Crippen molar-refractivity contribution in [2.75, 3.05) is 7.11 Å². The van der Waals surface area contributed by atoms with Crippen LogP contribution < -0.4 is 0 Å². The summed E-state index contributed by atoms with van der Waals surface area (Å²) in [4.78, 5) is 13.4. The summed E-state index contributed by atoms with van der Waals surface area (Å²) in [6.07, 6.45) is 4.79. The summed E-state index contributed by atoms with van der Waals surface area (Å²) >= 11 is 0. The van der Waals surface area contributed by atoms with Crippen LogP contribution in [0.3, 0.4) is 0 Å². The second-order valence-corrected chi connectivity index (χ2v) is 6.63. The van der Waals surface area contributed by atoms with Crippen LogP contribution in [0, 0.1) is 40.0 Å². The topological polar surface area (TPSA) is 35.5 Å². The molecule has 0 saturated carbocycles. The first-order valence-corrected chi connectivity index (χ1v) is 8.65. The van der Waals surface area contributed by atoms with Gasteiger partial charge in [0.05, 0.1) is 0 Å². The predicted molar refractivity (Wildman–Crippen MR) is 104 cm³/mol. The van der Waals surface area contributed by atoms with Crippen LogP contribution in [0.2, 0.25) is 0 Å². The van der Waals surface area contributed by atoms with Gasteiger partial charge in [-0.15, -0.1) is 6.42 Å². The molecule has 0 aromatic heterocycles. The first kappa shape index (κ1) is 19.8. The molecule has 0 spiro atoms. The molecular weight excluding hydrogens is 324 g/mol. The van der Waals surface area contributed by atoms with Crippen molar-refractivity contribution in [3.63, 3.8) is 0 Å². The van der Waals surface area contributed by atoms with Crippen LogP contribution in [0.5, 0.6) is 0 Å². The van der Waals surface area contributed by atoms with Crippen molar-refractivity contribution in [1.29, 1.82) is 0 Å². The third-order valence-electron chi connectivity index (χ3n) is 4.78. The number of ether oxygens (including phenoxy) is 2. The fraction of sp³-hybridized carbons (Fsp3) is 0.348. The highest BCUT2D eigenvalue weighted by Gasteiger charge is 2.48. The minimum Gasteiger partial charge on any atom is -0.447 e. The highest BCUT2D eigenvalue weighted by Crippen LogP contribution is 2.41. The molecule has 2 rings (SSSR count). The average Bonchev–Trinajstić information content (AvgIpc) is 2.59. The van der Waals surface area contributed by atoms with Crippen LogP contribution in [0.15, 0.2) is 36.4 Å². The van der Waals surface area contributed by atoms with Gasteiger partial charge < -0.3 is 9.47 Å². The van der Waals surface area contributed by atoms with Crippen molar-refractivity contribution >= 4 is 5.97 Å². The van der Waals surface area contributed by atoms with Crippen LogP contribution in [-0.2, 0) is 19.9 Å². The van der Waals surface area contributed by atoms with Crippen molar-refractivity contribution in [3.05, 3.63) is 69.8 Å². The zero-order valence-corrected chi connectivity index (χ0v) is 16.3. The Bertz CT molecular complexity index is 766. The van der Waals surface area contributed by atoms with Gasteiger partial charge in [-0.05, 0) is 56.9 Å². The fourth-order valence-electron chi connectivity index (χ4n) is 3.63. The zero-order chi connectivity index (χ0) is 19.5. The van der Waals surface area contributed by atoms with E-state index < -0.39 is 17.7 Å². The second-order valence-electron chi connectivity index (χ2n) is 6.63. The maximum atomic E-state index is 13.4. The Balaban J connectivity index is 2.89. The molecule has 1 unspecified atom stereocenters. The van der Waals surface area contributed by atoms with Gasteiger partial charge in [-0.1, -0.05) is 42.3 Å². The number of esters is 1. The van der Waals surface area contributed by atoms with Crippen molar-refractivity contribution in [1.82, 2.24) is 0 Å². The molecule has 0 aliphatic rings. The Morgan fingerprint density at radius 3 is 1.65 bits per heavy atom. The number of hydrogen-bond donors (Lipinski definition) is 0. The van der Waals surface area contributed by atoms with E-state index in [4.69, 9.17) is 15.9 Å². The maximum Gasteiger partial charge on any atom is 0.349 e. The van der Waals surface area contributed by atoms with Gasteiger partial charge in [0.25, 0.3) is 0 Å². The predicted octanol–water partition coefficient (Wildman–Crippen LogP) is 4.38. The molecule has 26 heavy (non-hydrogen) atoms. The summed E-state index contributed by atoms with van der Waals surface area (Å²) in [5.74, 6) is 1.96. The summed E-state index contributed by atoms with van der Waals surface area (Å²) in [7, 11) is 1.54. The highest BCUT2D eigenvalue weighted by molar-refractivity contribution is 5.88. The van der Waals surface area contributed by atoms with E-state index in [9.17, 15) is 4.79 Å². The lowest BCUT2D eigenvalue weighted by molar-refractivity contribution is -0.168. The molecule has 0 aliphatic heterocycles. The van der Waals surface area contributed by atoms with Crippen molar-refractivity contribution < 1.29 is 14.3 Å². The summed E-state index contributed by atoms with van der Waals surface area (Å²) in [5, 5.41) is 0. The molecular formula is C23H26O3. The Kier molecular flexibility index (Phi) is 5.90. The molecule has 0 bridgehead atoms. The number of aryl methyl sites for hydroxylation is 4. The van der Waals surface area contributed by atoms with Crippen LogP contribution in [-0.4, -0.2) is 19.2 Å². The van der Waals surface area contributed by atoms with E-state index >= 15 is 0 Å². The molecule has 0 aliphatic carbocycles. The third kappa shape index (κ3) is 3.25. The fourth-order valence-corrected chi connectivity index (χ4v) is 3.63. The number of carbonyl (C=O) groups excluding carboxylic acids is 1. The van der Waals surface area contributed by atoms with E-state index in [0.717, 1.165) is 33.4 Å². The molecule has 136 valence electrons. The largest absolute Gasteiger partial charge is 0.447 e. The summed E-state index contributed by atoms with van der Waals surface area (Å²) in [5.41, 5.74) is 4.05. The Morgan fingerprint density at radius 1 is 0.962 bits per heavy atom. The number of hydrogen-bond acceptors (Lipinski definition) is 3. The molecule has 3 nitrogen and oxygen atoms in total. The third-order valence-corrected chi connectivity index (χ3v) is 4.78. The number of benzene rings is 2. The van der Waals surface area contributed by atoms with Crippen LogP contribution in [0.25, 0.3) is 0 Å². The number of rotatable bonds is 5. The van der Waals surface area contributed by atoms with E-state index in [1.54, 1.807) is 14.0 Å². The number of methoxy groups -OCH3 is 1.